The molecular weight excluding hydrogens is 1320 g/mol. The molecule has 0 radical (unpaired) electrons. The van der Waals surface area contributed by atoms with Crippen molar-refractivity contribution in [2.45, 2.75) is 440 Å². The van der Waals surface area contributed by atoms with E-state index in [2.05, 4.69) is 55.4 Å². The molecule has 0 heterocycles. The summed E-state index contributed by atoms with van der Waals surface area (Å²) < 4.78 is 68.7. The highest BCUT2D eigenvalue weighted by Crippen LogP contribution is 2.45. The van der Waals surface area contributed by atoms with Crippen LogP contribution in [0.5, 0.6) is 0 Å². The molecule has 0 aromatic heterocycles. The smallest absolute Gasteiger partial charge is 0.462 e. The third-order valence-corrected chi connectivity index (χ3v) is 21.7. The predicted octanol–water partition coefficient (Wildman–Crippen LogP) is 24.4. The van der Waals surface area contributed by atoms with Crippen molar-refractivity contribution < 1.29 is 80.2 Å². The van der Waals surface area contributed by atoms with Crippen LogP contribution in [0.25, 0.3) is 0 Å². The molecule has 7 atom stereocenters. The molecule has 0 aromatic carbocycles. The molecule has 600 valence electrons. The van der Waals surface area contributed by atoms with Crippen LogP contribution in [0.15, 0.2) is 0 Å². The van der Waals surface area contributed by atoms with Crippen LogP contribution >= 0.6 is 15.6 Å². The highest BCUT2D eigenvalue weighted by Gasteiger charge is 2.30. The standard InChI is InChI=1S/C82H160O17P2/c1-9-74(7)60-52-44-35-29-25-21-17-13-11-12-14-18-22-26-30-37-46-54-62-79(84)92-68-77(98-81(86)64-56-48-38-31-27-23-19-15-16-20-24-28-34-42-50-58-72(3)4)70-96-100(88,89)94-66-76(83)67-95-101(90,91)97-71-78(69-93-80(85)63-55-47-41-40-43-51-59-73(5)6)99-82(87)65-57-49-39-33-32-36-45-53-61-75(8)10-2/h72-78,83H,9-71H2,1-8H3,(H,88,89)(H,90,91)/t74?,75?,76-,77-,78-/m1/s1. The number of rotatable bonds is 79. The Morgan fingerprint density at radius 1 is 0.277 bits per heavy atom. The fraction of sp³-hybridized carbons (Fsp3) is 0.951. The van der Waals surface area contributed by atoms with Crippen LogP contribution in [0.4, 0.5) is 0 Å². The van der Waals surface area contributed by atoms with Gasteiger partial charge in [-0.2, -0.15) is 0 Å². The number of phosphoric ester groups is 2. The van der Waals surface area contributed by atoms with Crippen molar-refractivity contribution in [3.05, 3.63) is 0 Å². The van der Waals surface area contributed by atoms with Crippen molar-refractivity contribution in [1.29, 1.82) is 0 Å². The first-order valence-electron chi connectivity index (χ1n) is 42.3. The monoisotopic (exact) mass is 1480 g/mol. The molecule has 0 bridgehead atoms. The molecule has 0 aliphatic rings. The fourth-order valence-corrected chi connectivity index (χ4v) is 14.1. The summed E-state index contributed by atoms with van der Waals surface area (Å²) >= 11 is 0. The van der Waals surface area contributed by atoms with Crippen molar-refractivity contribution in [2.24, 2.45) is 23.7 Å². The predicted molar refractivity (Wildman–Crippen MR) is 414 cm³/mol. The number of hydrogen-bond donors (Lipinski definition) is 3. The number of phosphoric acid groups is 2. The topological polar surface area (TPSA) is 237 Å². The van der Waals surface area contributed by atoms with E-state index in [0.717, 1.165) is 114 Å². The summed E-state index contributed by atoms with van der Waals surface area (Å²) in [6.07, 6.45) is 58.5. The van der Waals surface area contributed by atoms with Crippen molar-refractivity contribution >= 4 is 39.5 Å². The summed E-state index contributed by atoms with van der Waals surface area (Å²) in [4.78, 5) is 73.0. The average Bonchev–Trinajstić information content (AvgIpc) is 0.992. The summed E-state index contributed by atoms with van der Waals surface area (Å²) in [6, 6.07) is 0. The molecule has 0 saturated heterocycles. The molecule has 0 amide bonds. The van der Waals surface area contributed by atoms with Gasteiger partial charge in [0.05, 0.1) is 26.4 Å². The first-order chi connectivity index (χ1) is 48.7. The lowest BCUT2D eigenvalue weighted by Crippen LogP contribution is -2.30. The van der Waals surface area contributed by atoms with E-state index in [1.807, 2.05) is 0 Å². The van der Waals surface area contributed by atoms with Crippen LogP contribution in [-0.4, -0.2) is 96.7 Å². The fourth-order valence-electron chi connectivity index (χ4n) is 12.5. The van der Waals surface area contributed by atoms with E-state index in [-0.39, 0.29) is 25.7 Å². The number of unbranched alkanes of at least 4 members (excludes halogenated alkanes) is 43. The van der Waals surface area contributed by atoms with Crippen LogP contribution < -0.4 is 0 Å². The van der Waals surface area contributed by atoms with Crippen LogP contribution in [0.2, 0.25) is 0 Å². The van der Waals surface area contributed by atoms with Gasteiger partial charge in [0.2, 0.25) is 0 Å². The Labute approximate surface area is 619 Å². The lowest BCUT2D eigenvalue weighted by atomic mass is 9.99. The number of esters is 4. The molecule has 0 spiro atoms. The Bertz CT molecular complexity index is 1980. The Kier molecular flexibility index (Phi) is 69.6. The van der Waals surface area contributed by atoms with Gasteiger partial charge in [0.15, 0.2) is 12.2 Å². The lowest BCUT2D eigenvalue weighted by molar-refractivity contribution is -0.161. The van der Waals surface area contributed by atoms with Gasteiger partial charge in [-0.3, -0.25) is 37.3 Å². The zero-order chi connectivity index (χ0) is 74.6. The first kappa shape index (κ1) is 99.1. The number of ether oxygens (including phenoxy) is 4. The molecule has 0 aliphatic carbocycles. The second-order valence-electron chi connectivity index (χ2n) is 31.0. The van der Waals surface area contributed by atoms with Gasteiger partial charge in [-0.05, 0) is 49.4 Å². The largest absolute Gasteiger partial charge is 0.472 e. The summed E-state index contributed by atoms with van der Waals surface area (Å²) in [7, 11) is -9.92. The summed E-state index contributed by atoms with van der Waals surface area (Å²) in [6.45, 7) is 14.2. The van der Waals surface area contributed by atoms with E-state index in [4.69, 9.17) is 37.0 Å². The molecular formula is C82H160O17P2. The van der Waals surface area contributed by atoms with Crippen molar-refractivity contribution in [3.63, 3.8) is 0 Å². The highest BCUT2D eigenvalue weighted by molar-refractivity contribution is 7.47. The number of aliphatic hydroxyl groups is 1. The van der Waals surface area contributed by atoms with E-state index < -0.39 is 97.5 Å². The zero-order valence-corrected chi connectivity index (χ0v) is 68.3. The number of aliphatic hydroxyl groups excluding tert-OH is 1. The molecule has 19 heteroatoms. The van der Waals surface area contributed by atoms with Crippen molar-refractivity contribution in [3.8, 4) is 0 Å². The molecule has 4 unspecified atom stereocenters. The molecule has 0 aromatic rings. The van der Waals surface area contributed by atoms with Gasteiger partial charge in [0.1, 0.15) is 19.3 Å². The third-order valence-electron chi connectivity index (χ3n) is 19.8. The van der Waals surface area contributed by atoms with Gasteiger partial charge in [-0.1, -0.05) is 370 Å². The van der Waals surface area contributed by atoms with Gasteiger partial charge in [-0.15, -0.1) is 0 Å². The lowest BCUT2D eigenvalue weighted by Gasteiger charge is -2.21. The Morgan fingerprint density at radius 3 is 0.703 bits per heavy atom. The normalized spacial score (nSPS) is 14.5. The van der Waals surface area contributed by atoms with Crippen molar-refractivity contribution in [2.75, 3.05) is 39.6 Å². The number of carbonyl (C=O) groups excluding carboxylic acids is 4. The second-order valence-corrected chi connectivity index (χ2v) is 33.9. The van der Waals surface area contributed by atoms with Crippen LogP contribution in [0.3, 0.4) is 0 Å². The minimum atomic E-state index is -4.96. The minimum Gasteiger partial charge on any atom is -0.462 e. The summed E-state index contributed by atoms with van der Waals surface area (Å²) in [5.74, 6) is 1.01. The van der Waals surface area contributed by atoms with E-state index in [0.29, 0.717) is 31.6 Å². The molecule has 17 nitrogen and oxygen atoms in total. The van der Waals surface area contributed by atoms with E-state index in [9.17, 15) is 43.2 Å². The highest BCUT2D eigenvalue weighted by atomic mass is 31.2. The van der Waals surface area contributed by atoms with Gasteiger partial charge in [0, 0.05) is 25.7 Å². The third kappa shape index (κ3) is 73.4. The first-order valence-corrected chi connectivity index (χ1v) is 45.3. The molecule has 0 saturated carbocycles. The van der Waals surface area contributed by atoms with Gasteiger partial charge in [0.25, 0.3) is 0 Å². The Hall–Kier alpha value is -1.94. The summed E-state index contributed by atoms with van der Waals surface area (Å²) in [5, 5.41) is 10.6. The van der Waals surface area contributed by atoms with Gasteiger partial charge >= 0.3 is 39.5 Å². The average molecular weight is 1480 g/mol. The quantitative estimate of drug-likeness (QED) is 0.0222. The summed E-state index contributed by atoms with van der Waals surface area (Å²) in [5.41, 5.74) is 0. The van der Waals surface area contributed by atoms with Gasteiger partial charge in [-0.25, -0.2) is 9.13 Å². The number of carbonyl (C=O) groups is 4. The molecule has 0 aliphatic heterocycles. The molecule has 0 rings (SSSR count). The second kappa shape index (κ2) is 71.0. The zero-order valence-electron chi connectivity index (χ0n) is 66.5. The minimum absolute atomic E-state index is 0.104. The Morgan fingerprint density at radius 2 is 0.475 bits per heavy atom. The van der Waals surface area contributed by atoms with Crippen LogP contribution in [0, 0.1) is 23.7 Å². The molecule has 101 heavy (non-hydrogen) atoms. The SMILES string of the molecule is CCC(C)CCCCCCCCCCCCCCCCCCCCC(=O)OC[C@H](COP(=O)(O)OC[C@@H](O)COP(=O)(O)OC[C@@H](COC(=O)CCCCCCCCC(C)C)OC(=O)CCCCCCCCCCC(C)CC)OC(=O)CCCCCCCCCCCCCCCCCC(C)C. The number of hydrogen-bond acceptors (Lipinski definition) is 15. The maximum absolute atomic E-state index is 13.1. The van der Waals surface area contributed by atoms with E-state index in [1.165, 1.54) is 218 Å². The maximum atomic E-state index is 13.1. The van der Waals surface area contributed by atoms with Crippen LogP contribution in [-0.2, 0) is 65.4 Å². The van der Waals surface area contributed by atoms with E-state index in [1.54, 1.807) is 0 Å². The molecule has 0 fully saturated rings. The van der Waals surface area contributed by atoms with Crippen molar-refractivity contribution in [1.82, 2.24) is 0 Å². The molecule has 3 N–H and O–H groups in total. The van der Waals surface area contributed by atoms with E-state index >= 15 is 0 Å². The maximum Gasteiger partial charge on any atom is 0.472 e. The van der Waals surface area contributed by atoms with Crippen LogP contribution in [0.1, 0.15) is 421 Å². The van der Waals surface area contributed by atoms with Gasteiger partial charge < -0.3 is 33.8 Å². The Balaban J connectivity index is 5.19.